The van der Waals surface area contributed by atoms with Crippen LogP contribution in [0.1, 0.15) is 37.0 Å². The van der Waals surface area contributed by atoms with Crippen LogP contribution in [0.5, 0.6) is 0 Å². The number of hydrogen-bond donors (Lipinski definition) is 0. The van der Waals surface area contributed by atoms with E-state index in [0.717, 1.165) is 11.8 Å². The molecule has 0 heterocycles. The van der Waals surface area contributed by atoms with Crippen molar-refractivity contribution < 1.29 is 4.74 Å². The van der Waals surface area contributed by atoms with E-state index in [4.69, 9.17) is 4.74 Å². The van der Waals surface area contributed by atoms with Crippen LogP contribution in [-0.4, -0.2) is 12.4 Å². The molecule has 1 aromatic rings. The van der Waals surface area contributed by atoms with Crippen molar-refractivity contribution in [2.75, 3.05) is 12.4 Å². The van der Waals surface area contributed by atoms with Gasteiger partial charge in [0.15, 0.2) is 0 Å². The van der Waals surface area contributed by atoms with Gasteiger partial charge in [-0.2, -0.15) is 0 Å². The smallest absolute Gasteiger partial charge is 0.0793 e. The summed E-state index contributed by atoms with van der Waals surface area (Å²) in [6.45, 7) is 2.08. The number of methoxy groups -OCH3 is 1. The van der Waals surface area contributed by atoms with E-state index in [9.17, 15) is 0 Å². The molecule has 1 nitrogen and oxygen atoms in total. The predicted molar refractivity (Wildman–Crippen MR) is 68.6 cm³/mol. The van der Waals surface area contributed by atoms with Crippen LogP contribution < -0.4 is 0 Å². The Morgan fingerprint density at radius 2 is 2.13 bits per heavy atom. The van der Waals surface area contributed by atoms with Crippen molar-refractivity contribution in [1.29, 1.82) is 0 Å². The van der Waals surface area contributed by atoms with Crippen LogP contribution in [0.2, 0.25) is 0 Å². The van der Waals surface area contributed by atoms with Gasteiger partial charge in [-0.3, -0.25) is 0 Å². The zero-order valence-electron chi connectivity index (χ0n) is 9.50. The molecule has 1 aromatic carbocycles. The summed E-state index contributed by atoms with van der Waals surface area (Å²) in [5, 5.41) is 1.10. The number of benzene rings is 1. The second-order valence-electron chi connectivity index (χ2n) is 3.77. The van der Waals surface area contributed by atoms with Crippen LogP contribution in [-0.2, 0) is 11.2 Å². The quantitative estimate of drug-likeness (QED) is 0.559. The lowest BCUT2D eigenvalue weighted by Gasteiger charge is -2.11. The number of ether oxygens (including phenoxy) is 1. The van der Waals surface area contributed by atoms with E-state index >= 15 is 0 Å². The van der Waals surface area contributed by atoms with Gasteiger partial charge in [-0.1, -0.05) is 40.2 Å². The average molecular weight is 271 g/mol. The van der Waals surface area contributed by atoms with Gasteiger partial charge >= 0.3 is 0 Å². The minimum absolute atomic E-state index is 0.195. The Morgan fingerprint density at radius 1 is 1.33 bits per heavy atom. The minimum Gasteiger partial charge on any atom is -0.377 e. The lowest BCUT2D eigenvalue weighted by Crippen LogP contribution is -1.97. The molecule has 0 N–H and O–H groups in total. The van der Waals surface area contributed by atoms with Gasteiger partial charge in [0.25, 0.3) is 0 Å². The van der Waals surface area contributed by atoms with Crippen LogP contribution in [0.25, 0.3) is 0 Å². The van der Waals surface area contributed by atoms with Gasteiger partial charge in [-0.25, -0.2) is 0 Å². The third-order valence-corrected chi connectivity index (χ3v) is 3.18. The SMILES string of the molecule is COC(C)c1cccc(CCCCBr)c1. The zero-order chi connectivity index (χ0) is 11.1. The van der Waals surface area contributed by atoms with E-state index in [1.165, 1.54) is 24.0 Å². The van der Waals surface area contributed by atoms with Crippen LogP contribution in [0, 0.1) is 0 Å². The van der Waals surface area contributed by atoms with E-state index < -0.39 is 0 Å². The Kier molecular flexibility index (Phi) is 5.96. The zero-order valence-corrected chi connectivity index (χ0v) is 11.1. The Hall–Kier alpha value is -0.340. The van der Waals surface area contributed by atoms with Crippen molar-refractivity contribution in [1.82, 2.24) is 0 Å². The van der Waals surface area contributed by atoms with Gasteiger partial charge in [0.05, 0.1) is 6.10 Å². The molecule has 1 unspecified atom stereocenters. The molecular weight excluding hydrogens is 252 g/mol. The molecule has 2 heteroatoms. The normalized spacial score (nSPS) is 12.7. The van der Waals surface area contributed by atoms with Gasteiger partial charge in [-0.15, -0.1) is 0 Å². The molecule has 0 aliphatic heterocycles. The highest BCUT2D eigenvalue weighted by atomic mass is 79.9. The number of unbranched alkanes of at least 4 members (excludes halogenated alkanes) is 1. The monoisotopic (exact) mass is 270 g/mol. The maximum atomic E-state index is 5.31. The van der Waals surface area contributed by atoms with Gasteiger partial charge < -0.3 is 4.74 Å². The maximum absolute atomic E-state index is 5.31. The Bertz CT molecular complexity index is 286. The summed E-state index contributed by atoms with van der Waals surface area (Å²) in [6, 6.07) is 8.69. The van der Waals surface area contributed by atoms with E-state index in [1.807, 2.05) is 0 Å². The van der Waals surface area contributed by atoms with Crippen LogP contribution in [0.15, 0.2) is 24.3 Å². The number of aryl methyl sites for hydroxylation is 1. The highest BCUT2D eigenvalue weighted by Gasteiger charge is 2.03. The van der Waals surface area contributed by atoms with Crippen molar-refractivity contribution in [2.45, 2.75) is 32.3 Å². The second-order valence-corrected chi connectivity index (χ2v) is 4.56. The van der Waals surface area contributed by atoms with E-state index in [-0.39, 0.29) is 6.10 Å². The molecule has 0 spiro atoms. The van der Waals surface area contributed by atoms with E-state index in [2.05, 4.69) is 47.1 Å². The summed E-state index contributed by atoms with van der Waals surface area (Å²) < 4.78 is 5.31. The average Bonchev–Trinajstić information content (AvgIpc) is 2.29. The summed E-state index contributed by atoms with van der Waals surface area (Å²) in [7, 11) is 1.75. The summed E-state index contributed by atoms with van der Waals surface area (Å²) in [6.07, 6.45) is 3.84. The fourth-order valence-corrected chi connectivity index (χ4v) is 1.96. The fraction of sp³-hybridized carbons (Fsp3) is 0.538. The topological polar surface area (TPSA) is 9.23 Å². The first-order valence-electron chi connectivity index (χ1n) is 5.45. The highest BCUT2D eigenvalue weighted by molar-refractivity contribution is 9.09. The third kappa shape index (κ3) is 4.35. The number of alkyl halides is 1. The first kappa shape index (κ1) is 12.7. The Morgan fingerprint density at radius 3 is 2.80 bits per heavy atom. The lowest BCUT2D eigenvalue weighted by molar-refractivity contribution is 0.119. The molecule has 0 bridgehead atoms. The van der Waals surface area contributed by atoms with Gasteiger partial charge in [-0.05, 0) is 37.3 Å². The lowest BCUT2D eigenvalue weighted by atomic mass is 10.0. The molecule has 1 atom stereocenters. The third-order valence-electron chi connectivity index (χ3n) is 2.62. The van der Waals surface area contributed by atoms with Gasteiger partial charge in [0.2, 0.25) is 0 Å². The molecule has 0 aliphatic rings. The highest BCUT2D eigenvalue weighted by Crippen LogP contribution is 2.18. The fourth-order valence-electron chi connectivity index (χ4n) is 1.56. The molecule has 0 aromatic heterocycles. The number of hydrogen-bond acceptors (Lipinski definition) is 1. The first-order valence-corrected chi connectivity index (χ1v) is 6.57. The molecule has 0 radical (unpaired) electrons. The van der Waals surface area contributed by atoms with Gasteiger partial charge in [0, 0.05) is 12.4 Å². The van der Waals surface area contributed by atoms with Crippen LogP contribution >= 0.6 is 15.9 Å². The summed E-state index contributed by atoms with van der Waals surface area (Å²) in [4.78, 5) is 0. The maximum Gasteiger partial charge on any atom is 0.0793 e. The molecule has 0 amide bonds. The summed E-state index contributed by atoms with van der Waals surface area (Å²) >= 11 is 3.45. The summed E-state index contributed by atoms with van der Waals surface area (Å²) in [5.41, 5.74) is 2.69. The number of halogens is 1. The van der Waals surface area contributed by atoms with Crippen molar-refractivity contribution in [2.24, 2.45) is 0 Å². The summed E-state index contributed by atoms with van der Waals surface area (Å²) in [5.74, 6) is 0. The predicted octanol–water partition coefficient (Wildman–Crippen LogP) is 4.11. The molecule has 0 fully saturated rings. The van der Waals surface area contributed by atoms with Crippen molar-refractivity contribution >= 4 is 15.9 Å². The molecule has 0 saturated heterocycles. The molecule has 1 rings (SSSR count). The molecular formula is C13H19BrO. The molecule has 0 saturated carbocycles. The minimum atomic E-state index is 0.195. The van der Waals surface area contributed by atoms with E-state index in [1.54, 1.807) is 7.11 Å². The van der Waals surface area contributed by atoms with E-state index in [0.29, 0.717) is 0 Å². The first-order chi connectivity index (χ1) is 7.27. The standard InChI is InChI=1S/C13H19BrO/c1-11(15-2)13-8-5-7-12(10-13)6-3-4-9-14/h5,7-8,10-11H,3-4,6,9H2,1-2H3. The van der Waals surface area contributed by atoms with Crippen molar-refractivity contribution in [3.63, 3.8) is 0 Å². The largest absolute Gasteiger partial charge is 0.377 e. The van der Waals surface area contributed by atoms with Crippen LogP contribution in [0.3, 0.4) is 0 Å². The Labute approximate surface area is 101 Å². The number of rotatable bonds is 6. The molecule has 0 aliphatic carbocycles. The van der Waals surface area contributed by atoms with Crippen molar-refractivity contribution in [3.05, 3.63) is 35.4 Å². The Balaban J connectivity index is 2.57. The molecule has 84 valence electrons. The van der Waals surface area contributed by atoms with Crippen LogP contribution in [0.4, 0.5) is 0 Å². The van der Waals surface area contributed by atoms with Gasteiger partial charge in [0.1, 0.15) is 0 Å². The second kappa shape index (κ2) is 7.02. The van der Waals surface area contributed by atoms with Crippen molar-refractivity contribution in [3.8, 4) is 0 Å². The molecule has 15 heavy (non-hydrogen) atoms.